The zero-order chi connectivity index (χ0) is 15.1. The minimum Gasteiger partial charge on any atom is -0.464 e. The zero-order valence-electron chi connectivity index (χ0n) is 12.2. The normalized spacial score (nSPS) is 19.0. The first kappa shape index (κ1) is 15.5. The fraction of sp³-hybridized carbons (Fsp3) is 0.500. The molecule has 1 aliphatic heterocycles. The van der Waals surface area contributed by atoms with Gasteiger partial charge in [-0.25, -0.2) is 4.79 Å². The van der Waals surface area contributed by atoms with Gasteiger partial charge in [-0.3, -0.25) is 4.79 Å². The molecule has 2 unspecified atom stereocenters. The Morgan fingerprint density at radius 3 is 2.76 bits per heavy atom. The summed E-state index contributed by atoms with van der Waals surface area (Å²) in [6, 6.07) is 8.88. The van der Waals surface area contributed by atoms with E-state index in [1.165, 1.54) is 0 Å². The lowest BCUT2D eigenvalue weighted by Gasteiger charge is -2.19. The maximum absolute atomic E-state index is 12.1. The molecule has 1 fully saturated rings. The largest absolute Gasteiger partial charge is 0.464 e. The first-order valence-corrected chi connectivity index (χ1v) is 7.33. The van der Waals surface area contributed by atoms with Gasteiger partial charge in [0.1, 0.15) is 12.1 Å². The van der Waals surface area contributed by atoms with Gasteiger partial charge in [-0.1, -0.05) is 30.3 Å². The van der Waals surface area contributed by atoms with Gasteiger partial charge in [0.2, 0.25) is 5.91 Å². The Morgan fingerprint density at radius 1 is 1.38 bits per heavy atom. The number of hydrogen-bond acceptors (Lipinski definition) is 4. The van der Waals surface area contributed by atoms with Crippen LogP contribution in [-0.4, -0.2) is 37.2 Å². The monoisotopic (exact) mass is 291 g/mol. The number of rotatable bonds is 6. The van der Waals surface area contributed by atoms with Crippen LogP contribution in [-0.2, 0) is 25.5 Å². The van der Waals surface area contributed by atoms with Gasteiger partial charge >= 0.3 is 5.97 Å². The molecule has 1 saturated heterocycles. The van der Waals surface area contributed by atoms with E-state index in [4.69, 9.17) is 9.47 Å². The van der Waals surface area contributed by atoms with Gasteiger partial charge in [0.05, 0.1) is 6.61 Å². The molecular weight excluding hydrogens is 270 g/mol. The molecule has 1 aliphatic rings. The van der Waals surface area contributed by atoms with Crippen molar-refractivity contribution < 1.29 is 19.1 Å². The van der Waals surface area contributed by atoms with Crippen LogP contribution in [0.5, 0.6) is 0 Å². The average molecular weight is 291 g/mol. The van der Waals surface area contributed by atoms with Gasteiger partial charge in [-0.2, -0.15) is 0 Å². The molecule has 5 nitrogen and oxygen atoms in total. The van der Waals surface area contributed by atoms with Gasteiger partial charge in [0.25, 0.3) is 0 Å². The third-order valence-corrected chi connectivity index (χ3v) is 3.39. The second kappa shape index (κ2) is 7.78. The molecule has 0 aliphatic carbocycles. The lowest BCUT2D eigenvalue weighted by atomic mass is 10.1. The molecule has 0 radical (unpaired) electrons. The molecule has 0 bridgehead atoms. The lowest BCUT2D eigenvalue weighted by Crippen LogP contribution is -2.47. The van der Waals surface area contributed by atoms with E-state index in [-0.39, 0.29) is 5.91 Å². The van der Waals surface area contributed by atoms with E-state index >= 15 is 0 Å². The van der Waals surface area contributed by atoms with Crippen LogP contribution in [0.15, 0.2) is 30.3 Å². The second-order valence-electron chi connectivity index (χ2n) is 5.00. The maximum Gasteiger partial charge on any atom is 0.328 e. The summed E-state index contributed by atoms with van der Waals surface area (Å²) in [4.78, 5) is 24.1. The third-order valence-electron chi connectivity index (χ3n) is 3.39. The number of carbonyl (C=O) groups excluding carboxylic acids is 2. The van der Waals surface area contributed by atoms with E-state index in [0.29, 0.717) is 26.1 Å². The Labute approximate surface area is 124 Å². The maximum atomic E-state index is 12.1. The zero-order valence-corrected chi connectivity index (χ0v) is 12.2. The van der Waals surface area contributed by atoms with Gasteiger partial charge < -0.3 is 14.8 Å². The van der Waals surface area contributed by atoms with Crippen LogP contribution < -0.4 is 5.32 Å². The molecule has 21 heavy (non-hydrogen) atoms. The summed E-state index contributed by atoms with van der Waals surface area (Å²) in [7, 11) is 0. The highest BCUT2D eigenvalue weighted by Gasteiger charge is 2.29. The summed E-state index contributed by atoms with van der Waals surface area (Å²) in [5.41, 5.74) is 0.975. The molecule has 2 rings (SSSR count). The van der Waals surface area contributed by atoms with E-state index in [9.17, 15) is 9.59 Å². The number of carbonyl (C=O) groups is 2. The molecule has 0 aromatic heterocycles. The van der Waals surface area contributed by atoms with Crippen molar-refractivity contribution in [3.63, 3.8) is 0 Å². The van der Waals surface area contributed by atoms with Crippen LogP contribution in [0.4, 0.5) is 0 Å². The fourth-order valence-electron chi connectivity index (χ4n) is 2.34. The number of ether oxygens (including phenoxy) is 2. The van der Waals surface area contributed by atoms with Gasteiger partial charge in [0.15, 0.2) is 0 Å². The SMILES string of the molecule is CCOC(=O)C(Cc1ccccc1)NC(=O)C1CCCO1. The van der Waals surface area contributed by atoms with Crippen LogP contribution >= 0.6 is 0 Å². The first-order chi connectivity index (χ1) is 10.2. The van der Waals surface area contributed by atoms with Crippen LogP contribution in [0.3, 0.4) is 0 Å². The smallest absolute Gasteiger partial charge is 0.328 e. The number of amides is 1. The van der Waals surface area contributed by atoms with Gasteiger partial charge in [0, 0.05) is 13.0 Å². The van der Waals surface area contributed by atoms with Crippen LogP contribution in [0.1, 0.15) is 25.3 Å². The van der Waals surface area contributed by atoms with Crippen molar-refractivity contribution in [3.05, 3.63) is 35.9 Å². The number of nitrogens with one attached hydrogen (secondary N) is 1. The van der Waals surface area contributed by atoms with Gasteiger partial charge in [-0.15, -0.1) is 0 Å². The minimum atomic E-state index is -0.677. The Morgan fingerprint density at radius 2 is 2.14 bits per heavy atom. The Hall–Kier alpha value is -1.88. The summed E-state index contributed by atoms with van der Waals surface area (Å²) in [6.07, 6.45) is 1.55. The van der Waals surface area contributed by atoms with Crippen molar-refractivity contribution >= 4 is 11.9 Å². The van der Waals surface area contributed by atoms with Crippen LogP contribution in [0.25, 0.3) is 0 Å². The summed E-state index contributed by atoms with van der Waals surface area (Å²) < 4.78 is 10.4. The van der Waals surface area contributed by atoms with Crippen molar-refractivity contribution in [1.29, 1.82) is 0 Å². The summed E-state index contributed by atoms with van der Waals surface area (Å²) >= 11 is 0. The molecule has 0 saturated carbocycles. The molecule has 1 N–H and O–H groups in total. The van der Waals surface area contributed by atoms with Crippen molar-refractivity contribution in [1.82, 2.24) is 5.32 Å². The number of benzene rings is 1. The predicted molar refractivity (Wildman–Crippen MR) is 77.7 cm³/mol. The highest BCUT2D eigenvalue weighted by Crippen LogP contribution is 2.13. The van der Waals surface area contributed by atoms with Crippen molar-refractivity contribution in [2.24, 2.45) is 0 Å². The van der Waals surface area contributed by atoms with E-state index in [0.717, 1.165) is 12.0 Å². The molecular formula is C16H21NO4. The lowest BCUT2D eigenvalue weighted by molar-refractivity contribution is -0.148. The van der Waals surface area contributed by atoms with Gasteiger partial charge in [-0.05, 0) is 25.3 Å². The predicted octanol–water partition coefficient (Wildman–Crippen LogP) is 1.46. The van der Waals surface area contributed by atoms with E-state index in [2.05, 4.69) is 5.32 Å². The van der Waals surface area contributed by atoms with Crippen LogP contribution in [0.2, 0.25) is 0 Å². The minimum absolute atomic E-state index is 0.235. The molecule has 0 spiro atoms. The number of hydrogen-bond donors (Lipinski definition) is 1. The molecule has 1 heterocycles. The molecule has 1 aromatic rings. The Balaban J connectivity index is 2.01. The van der Waals surface area contributed by atoms with Crippen molar-refractivity contribution in [2.45, 2.75) is 38.3 Å². The standard InChI is InChI=1S/C16H21NO4/c1-2-20-16(19)13(11-12-7-4-3-5-8-12)17-15(18)14-9-6-10-21-14/h3-5,7-8,13-14H,2,6,9-11H2,1H3,(H,17,18). The summed E-state index contributed by atoms with van der Waals surface area (Å²) in [6.45, 7) is 2.64. The van der Waals surface area contributed by atoms with E-state index < -0.39 is 18.1 Å². The topological polar surface area (TPSA) is 64.6 Å². The third kappa shape index (κ3) is 4.56. The average Bonchev–Trinajstić information content (AvgIpc) is 3.02. The summed E-state index contributed by atoms with van der Waals surface area (Å²) in [5, 5.41) is 2.75. The Kier molecular flexibility index (Phi) is 5.75. The highest BCUT2D eigenvalue weighted by molar-refractivity contribution is 5.87. The highest BCUT2D eigenvalue weighted by atomic mass is 16.5. The Bertz CT molecular complexity index is 468. The molecule has 2 atom stereocenters. The molecule has 1 amide bonds. The molecule has 114 valence electrons. The van der Waals surface area contributed by atoms with Crippen molar-refractivity contribution in [2.75, 3.05) is 13.2 Å². The fourth-order valence-corrected chi connectivity index (χ4v) is 2.34. The quantitative estimate of drug-likeness (QED) is 0.806. The van der Waals surface area contributed by atoms with E-state index in [1.807, 2.05) is 30.3 Å². The molecule has 1 aromatic carbocycles. The molecule has 5 heteroatoms. The second-order valence-corrected chi connectivity index (χ2v) is 5.00. The summed E-state index contributed by atoms with van der Waals surface area (Å²) in [5.74, 6) is -0.644. The van der Waals surface area contributed by atoms with Crippen LogP contribution in [0, 0.1) is 0 Å². The first-order valence-electron chi connectivity index (χ1n) is 7.33. The number of esters is 1. The van der Waals surface area contributed by atoms with Crippen molar-refractivity contribution in [3.8, 4) is 0 Å². The van der Waals surface area contributed by atoms with E-state index in [1.54, 1.807) is 6.92 Å².